The molecule has 15 heteroatoms. The number of amides is 6. The molecule has 12 N–H and O–H groups in total. The van der Waals surface area contributed by atoms with Crippen molar-refractivity contribution in [3.05, 3.63) is 35.9 Å². The molecule has 0 aliphatic rings. The van der Waals surface area contributed by atoms with Gasteiger partial charge in [-0.3, -0.25) is 28.8 Å². The Balaban J connectivity index is 2.97. The molecule has 0 fully saturated rings. The highest BCUT2D eigenvalue weighted by atomic mass is 16.4. The molecule has 4 atom stereocenters. The first-order valence-corrected chi connectivity index (χ1v) is 11.1. The summed E-state index contributed by atoms with van der Waals surface area (Å²) in [5.74, 6) is -7.28. The van der Waals surface area contributed by atoms with Crippen molar-refractivity contribution in [1.82, 2.24) is 16.0 Å². The Hall–Kier alpha value is -4.53. The zero-order valence-electron chi connectivity index (χ0n) is 19.8. The van der Waals surface area contributed by atoms with Crippen molar-refractivity contribution < 1.29 is 38.7 Å². The van der Waals surface area contributed by atoms with E-state index in [1.807, 2.05) is 0 Å². The molecule has 37 heavy (non-hydrogen) atoms. The normalized spacial score (nSPS) is 13.8. The number of hydrogen-bond donors (Lipinski definition) is 8. The summed E-state index contributed by atoms with van der Waals surface area (Å²) in [5, 5.41) is 15.8. The average Bonchev–Trinajstić information content (AvgIpc) is 2.80. The average molecular weight is 522 g/mol. The van der Waals surface area contributed by atoms with Gasteiger partial charge in [0.05, 0.1) is 18.9 Å². The minimum Gasteiger partial charge on any atom is -0.480 e. The molecule has 1 rings (SSSR count). The second-order valence-electron chi connectivity index (χ2n) is 8.16. The molecule has 0 heterocycles. The van der Waals surface area contributed by atoms with Gasteiger partial charge in [0.15, 0.2) is 0 Å². The smallest absolute Gasteiger partial charge is 0.326 e. The van der Waals surface area contributed by atoms with Crippen LogP contribution in [0, 0.1) is 0 Å². The monoisotopic (exact) mass is 521 g/mol. The van der Waals surface area contributed by atoms with Crippen LogP contribution in [-0.2, 0) is 40.0 Å². The first-order valence-electron chi connectivity index (χ1n) is 11.1. The van der Waals surface area contributed by atoms with Gasteiger partial charge >= 0.3 is 5.97 Å². The molecule has 0 bridgehead atoms. The summed E-state index contributed by atoms with van der Waals surface area (Å²) in [4.78, 5) is 83.4. The highest BCUT2D eigenvalue weighted by molar-refractivity contribution is 5.97. The SMILES string of the molecule is NC(=O)CCC(NC(=O)C(CC(N)=O)NC(=O)C(CC(N)=O)NC(=O)C(N)Cc1ccccc1)C(=O)O. The highest BCUT2D eigenvalue weighted by Crippen LogP contribution is 2.05. The Morgan fingerprint density at radius 1 is 0.703 bits per heavy atom. The van der Waals surface area contributed by atoms with Gasteiger partial charge in [-0.05, 0) is 18.4 Å². The van der Waals surface area contributed by atoms with Gasteiger partial charge < -0.3 is 44.0 Å². The van der Waals surface area contributed by atoms with E-state index in [1.165, 1.54) is 0 Å². The third-order valence-corrected chi connectivity index (χ3v) is 5.01. The molecular weight excluding hydrogens is 490 g/mol. The highest BCUT2D eigenvalue weighted by Gasteiger charge is 2.32. The van der Waals surface area contributed by atoms with Crippen molar-refractivity contribution >= 4 is 41.4 Å². The van der Waals surface area contributed by atoms with Crippen molar-refractivity contribution in [2.45, 2.75) is 56.3 Å². The molecule has 4 unspecified atom stereocenters. The summed E-state index contributed by atoms with van der Waals surface area (Å²) in [6.45, 7) is 0. The van der Waals surface area contributed by atoms with Gasteiger partial charge in [0, 0.05) is 6.42 Å². The summed E-state index contributed by atoms with van der Waals surface area (Å²) in [6.07, 6.45) is -2.01. The molecule has 0 aliphatic heterocycles. The first kappa shape index (κ1) is 30.5. The predicted octanol–water partition coefficient (Wildman–Crippen LogP) is -3.89. The fourth-order valence-corrected chi connectivity index (χ4v) is 3.15. The number of hydrogen-bond acceptors (Lipinski definition) is 8. The van der Waals surface area contributed by atoms with E-state index in [-0.39, 0.29) is 19.3 Å². The van der Waals surface area contributed by atoms with Crippen molar-refractivity contribution in [3.63, 3.8) is 0 Å². The number of primary amides is 3. The van der Waals surface area contributed by atoms with Crippen LogP contribution in [0.25, 0.3) is 0 Å². The third-order valence-electron chi connectivity index (χ3n) is 5.01. The first-order chi connectivity index (χ1) is 17.3. The molecule has 6 amide bonds. The summed E-state index contributed by atoms with van der Waals surface area (Å²) < 4.78 is 0. The second-order valence-corrected chi connectivity index (χ2v) is 8.16. The topological polar surface area (TPSA) is 280 Å². The minimum atomic E-state index is -1.68. The Kier molecular flexibility index (Phi) is 12.2. The Labute approximate surface area is 211 Å². The maximum absolute atomic E-state index is 12.8. The summed E-state index contributed by atoms with van der Waals surface area (Å²) in [7, 11) is 0. The van der Waals surface area contributed by atoms with Crippen LogP contribution in [0.5, 0.6) is 0 Å². The van der Waals surface area contributed by atoms with Crippen molar-refractivity contribution in [2.75, 3.05) is 0 Å². The lowest BCUT2D eigenvalue weighted by Crippen LogP contribution is -2.58. The number of carboxylic acid groups (broad SMARTS) is 1. The Morgan fingerprint density at radius 3 is 1.59 bits per heavy atom. The van der Waals surface area contributed by atoms with Gasteiger partial charge in [-0.1, -0.05) is 30.3 Å². The number of carbonyl (C=O) groups is 7. The number of rotatable bonds is 16. The standard InChI is InChI=1S/C22H31N7O8/c23-12(8-11-4-2-1-3-5-11)19(33)28-14(9-17(25)31)21(35)29-15(10-18(26)32)20(34)27-13(22(36)37)6-7-16(24)30/h1-5,12-15H,6-10,23H2,(H2,24,30)(H2,25,31)(H2,26,32)(H,27,34)(H,28,33)(H,29,35)(H,36,37). The lowest BCUT2D eigenvalue weighted by atomic mass is 10.0. The predicted molar refractivity (Wildman–Crippen MR) is 128 cm³/mol. The fraction of sp³-hybridized carbons (Fsp3) is 0.409. The largest absolute Gasteiger partial charge is 0.480 e. The summed E-state index contributed by atoms with van der Waals surface area (Å²) in [5.41, 5.74) is 22.0. The maximum Gasteiger partial charge on any atom is 0.326 e. The molecule has 0 radical (unpaired) electrons. The van der Waals surface area contributed by atoms with Crippen LogP contribution in [0.15, 0.2) is 30.3 Å². The second kappa shape index (κ2) is 14.8. The molecule has 15 nitrogen and oxygen atoms in total. The van der Waals surface area contributed by atoms with Gasteiger partial charge in [-0.15, -0.1) is 0 Å². The van der Waals surface area contributed by atoms with Gasteiger partial charge in [0.25, 0.3) is 0 Å². The van der Waals surface area contributed by atoms with Gasteiger partial charge in [-0.25, -0.2) is 4.79 Å². The number of carbonyl (C=O) groups excluding carboxylic acids is 6. The van der Waals surface area contributed by atoms with E-state index in [1.54, 1.807) is 30.3 Å². The molecule has 0 aromatic heterocycles. The van der Waals surface area contributed by atoms with E-state index in [0.717, 1.165) is 5.56 Å². The van der Waals surface area contributed by atoms with E-state index in [2.05, 4.69) is 16.0 Å². The molecule has 1 aromatic carbocycles. The van der Waals surface area contributed by atoms with Crippen molar-refractivity contribution in [3.8, 4) is 0 Å². The van der Waals surface area contributed by atoms with Crippen LogP contribution in [0.4, 0.5) is 0 Å². The zero-order chi connectivity index (χ0) is 28.1. The third kappa shape index (κ3) is 11.6. The Bertz CT molecular complexity index is 1020. The van der Waals surface area contributed by atoms with Crippen LogP contribution >= 0.6 is 0 Å². The van der Waals surface area contributed by atoms with E-state index in [4.69, 9.17) is 22.9 Å². The number of carboxylic acids is 1. The zero-order valence-corrected chi connectivity index (χ0v) is 19.8. The van der Waals surface area contributed by atoms with Gasteiger partial charge in [-0.2, -0.15) is 0 Å². The number of nitrogens with two attached hydrogens (primary N) is 4. The van der Waals surface area contributed by atoms with E-state index in [9.17, 15) is 38.7 Å². The van der Waals surface area contributed by atoms with Crippen LogP contribution in [0.1, 0.15) is 31.2 Å². The lowest BCUT2D eigenvalue weighted by Gasteiger charge is -2.24. The molecule has 0 saturated heterocycles. The number of aliphatic carboxylic acids is 1. The molecule has 202 valence electrons. The molecule has 0 aliphatic carbocycles. The van der Waals surface area contributed by atoms with Crippen molar-refractivity contribution in [2.24, 2.45) is 22.9 Å². The lowest BCUT2D eigenvalue weighted by molar-refractivity contribution is -0.143. The van der Waals surface area contributed by atoms with Crippen LogP contribution < -0.4 is 38.9 Å². The number of nitrogens with one attached hydrogen (secondary N) is 3. The van der Waals surface area contributed by atoms with Gasteiger partial charge in [0.2, 0.25) is 35.4 Å². The van der Waals surface area contributed by atoms with Crippen molar-refractivity contribution in [1.29, 1.82) is 0 Å². The minimum absolute atomic E-state index is 0.117. The number of benzene rings is 1. The fourth-order valence-electron chi connectivity index (χ4n) is 3.15. The molecule has 1 aromatic rings. The van der Waals surface area contributed by atoms with Crippen LogP contribution in [0.3, 0.4) is 0 Å². The van der Waals surface area contributed by atoms with Gasteiger partial charge in [0.1, 0.15) is 18.1 Å². The molecule has 0 saturated carbocycles. The van der Waals surface area contributed by atoms with Crippen LogP contribution in [-0.4, -0.2) is 70.7 Å². The van der Waals surface area contributed by atoms with E-state index >= 15 is 0 Å². The molecule has 0 spiro atoms. The summed E-state index contributed by atoms with van der Waals surface area (Å²) >= 11 is 0. The van der Waals surface area contributed by atoms with E-state index in [0.29, 0.717) is 0 Å². The van der Waals surface area contributed by atoms with E-state index < -0.39 is 78.4 Å². The maximum atomic E-state index is 12.8. The quantitative estimate of drug-likeness (QED) is 0.105. The summed E-state index contributed by atoms with van der Waals surface area (Å²) in [6, 6.07) is 2.83. The Morgan fingerprint density at radius 2 is 1.16 bits per heavy atom. The molecular formula is C22H31N7O8. The van der Waals surface area contributed by atoms with Crippen LogP contribution in [0.2, 0.25) is 0 Å².